The Morgan fingerprint density at radius 2 is 1.00 bits per heavy atom. The third-order valence-electron chi connectivity index (χ3n) is 8.51. The summed E-state index contributed by atoms with van der Waals surface area (Å²) < 4.78 is 52.8. The van der Waals surface area contributed by atoms with Gasteiger partial charge in [-0.15, -0.1) is 20.4 Å². The van der Waals surface area contributed by atoms with E-state index in [1.807, 2.05) is 60.7 Å². The summed E-state index contributed by atoms with van der Waals surface area (Å²) in [5.41, 5.74) is 3.80. The van der Waals surface area contributed by atoms with Gasteiger partial charge in [-0.05, 0) is 46.5 Å². The maximum atomic E-state index is 13.1. The number of ether oxygens (including phenoxy) is 2. The Morgan fingerprint density at radius 3 is 1.48 bits per heavy atom. The van der Waals surface area contributed by atoms with Gasteiger partial charge in [-0.1, -0.05) is 97.1 Å². The fourth-order valence-corrected chi connectivity index (χ4v) is 5.66. The van der Waals surface area contributed by atoms with Gasteiger partial charge >= 0.3 is 0 Å². The topological polar surface area (TPSA) is 149 Å². The van der Waals surface area contributed by atoms with E-state index in [9.17, 15) is 13.6 Å². The largest absolute Gasteiger partial charge is 0.483 e. The molecule has 0 aliphatic heterocycles. The Balaban J connectivity index is 0.000000177. The minimum absolute atomic E-state index is 0.0378. The first-order chi connectivity index (χ1) is 28.2. The van der Waals surface area contributed by atoms with Crippen LogP contribution in [0.2, 0.25) is 0 Å². The molecular formula is C42H34F2N8O5S. The van der Waals surface area contributed by atoms with Crippen LogP contribution in [0.1, 0.15) is 34.0 Å². The van der Waals surface area contributed by atoms with Crippen molar-refractivity contribution in [3.05, 3.63) is 183 Å². The van der Waals surface area contributed by atoms with Crippen LogP contribution in [0.5, 0.6) is 11.5 Å². The summed E-state index contributed by atoms with van der Waals surface area (Å²) >= 11 is 5.49. The lowest BCUT2D eigenvalue weighted by Gasteiger charge is -2.11. The highest BCUT2D eigenvalue weighted by molar-refractivity contribution is 7.71. The number of aromatic nitrogens is 8. The molecule has 0 aliphatic rings. The quantitative estimate of drug-likeness (QED) is 0.112. The van der Waals surface area contributed by atoms with Crippen LogP contribution in [0.4, 0.5) is 8.78 Å². The lowest BCUT2D eigenvalue weighted by molar-refractivity contribution is 0.298. The number of rotatable bonds is 12. The lowest BCUT2D eigenvalue weighted by atomic mass is 10.1. The third kappa shape index (κ3) is 9.78. The molecule has 0 bridgehead atoms. The van der Waals surface area contributed by atoms with Crippen LogP contribution in [0, 0.1) is 16.3 Å². The number of hydrogen-bond acceptors (Lipinski definition) is 12. The number of benzene rings is 4. The molecule has 4 heterocycles. The molecule has 13 nitrogen and oxygen atoms in total. The third-order valence-corrected chi connectivity index (χ3v) is 8.98. The van der Waals surface area contributed by atoms with Crippen molar-refractivity contribution in [2.75, 3.05) is 0 Å². The zero-order chi connectivity index (χ0) is 40.4. The van der Waals surface area contributed by atoms with E-state index in [0.29, 0.717) is 47.3 Å². The molecule has 8 rings (SSSR count). The van der Waals surface area contributed by atoms with Crippen LogP contribution >= 0.6 is 12.2 Å². The smallest absolute Gasteiger partial charge is 0.296 e. The molecule has 0 atom stereocenters. The van der Waals surface area contributed by atoms with Gasteiger partial charge in [0.15, 0.2) is 21.8 Å². The highest BCUT2D eigenvalue weighted by Crippen LogP contribution is 2.29. The van der Waals surface area contributed by atoms with E-state index in [4.69, 9.17) is 30.5 Å². The first-order valence-electron chi connectivity index (χ1n) is 17.8. The number of hydrogen-bond donors (Lipinski definition) is 0. The maximum Gasteiger partial charge on any atom is 0.296 e. The van der Waals surface area contributed by atoms with Crippen LogP contribution in [0.15, 0.2) is 135 Å². The number of halogens is 2. The summed E-state index contributed by atoms with van der Waals surface area (Å²) in [6.07, 6.45) is 3.67. The Kier molecular flexibility index (Phi) is 12.2. The fourth-order valence-electron chi connectivity index (χ4n) is 5.45. The van der Waals surface area contributed by atoms with E-state index < -0.39 is 0 Å². The lowest BCUT2D eigenvalue weighted by Crippen LogP contribution is -2.20. The number of nitrogens with zero attached hydrogens (tertiary/aromatic N) is 8. The predicted octanol–water partition coefficient (Wildman–Crippen LogP) is 7.65. The van der Waals surface area contributed by atoms with E-state index >= 15 is 0 Å². The van der Waals surface area contributed by atoms with Crippen molar-refractivity contribution in [3.8, 4) is 34.7 Å². The summed E-state index contributed by atoms with van der Waals surface area (Å²) in [7, 11) is 3.38. The second-order valence-corrected chi connectivity index (χ2v) is 13.2. The minimum Gasteiger partial charge on any atom is -0.483 e. The van der Waals surface area contributed by atoms with Gasteiger partial charge in [-0.3, -0.25) is 9.36 Å². The van der Waals surface area contributed by atoms with Crippen LogP contribution in [0.3, 0.4) is 0 Å². The molecule has 4 aromatic carbocycles. The predicted molar refractivity (Wildman–Crippen MR) is 210 cm³/mol. The van der Waals surface area contributed by atoms with E-state index in [0.717, 1.165) is 22.3 Å². The molecule has 292 valence electrons. The van der Waals surface area contributed by atoms with Gasteiger partial charge in [0, 0.05) is 14.1 Å². The zero-order valence-electron chi connectivity index (χ0n) is 31.2. The highest BCUT2D eigenvalue weighted by Gasteiger charge is 2.21. The van der Waals surface area contributed by atoms with Gasteiger partial charge < -0.3 is 22.9 Å². The van der Waals surface area contributed by atoms with Crippen LogP contribution < -0.4 is 15.0 Å². The Morgan fingerprint density at radius 1 is 0.569 bits per heavy atom. The highest BCUT2D eigenvalue weighted by atomic mass is 32.1. The summed E-state index contributed by atoms with van der Waals surface area (Å²) in [6, 6.07) is 31.4. The molecule has 0 fully saturated rings. The summed E-state index contributed by atoms with van der Waals surface area (Å²) in [5, 5.41) is 16.2. The zero-order valence-corrected chi connectivity index (χ0v) is 32.0. The van der Waals surface area contributed by atoms with Crippen molar-refractivity contribution in [1.82, 2.24) is 39.5 Å². The first kappa shape index (κ1) is 39.1. The molecular weight excluding hydrogens is 767 g/mol. The van der Waals surface area contributed by atoms with Crippen LogP contribution in [-0.2, 0) is 40.2 Å². The van der Waals surface area contributed by atoms with Gasteiger partial charge in [0.25, 0.3) is 17.3 Å². The average molecular weight is 801 g/mol. The molecule has 8 aromatic rings. The molecule has 0 spiro atoms. The first-order valence-corrected chi connectivity index (χ1v) is 18.2. The second-order valence-electron chi connectivity index (χ2n) is 12.8. The normalized spacial score (nSPS) is 10.8. The monoisotopic (exact) mass is 800 g/mol. The van der Waals surface area contributed by atoms with Crippen LogP contribution in [0.25, 0.3) is 23.2 Å². The molecule has 0 saturated carbocycles. The molecule has 0 saturated heterocycles. The van der Waals surface area contributed by atoms with Gasteiger partial charge in [0.1, 0.15) is 24.8 Å². The summed E-state index contributed by atoms with van der Waals surface area (Å²) in [6.45, 7) is 0.533. The summed E-state index contributed by atoms with van der Waals surface area (Å²) in [5.74, 6) is 0.857. The van der Waals surface area contributed by atoms with Crippen molar-refractivity contribution in [3.63, 3.8) is 0 Å². The van der Waals surface area contributed by atoms with Gasteiger partial charge in [-0.25, -0.2) is 18.7 Å². The van der Waals surface area contributed by atoms with E-state index in [1.165, 1.54) is 35.2 Å². The molecule has 4 aromatic heterocycles. The van der Waals surface area contributed by atoms with E-state index in [-0.39, 0.29) is 47.0 Å². The van der Waals surface area contributed by atoms with E-state index in [1.54, 1.807) is 49.3 Å². The molecule has 16 heteroatoms. The molecule has 0 unspecified atom stereocenters. The summed E-state index contributed by atoms with van der Waals surface area (Å²) in [4.78, 5) is 21.2. The van der Waals surface area contributed by atoms with Gasteiger partial charge in [0.05, 0.1) is 25.5 Å². The molecule has 0 N–H and O–H groups in total. The standard InChI is InChI=1S/C21H17FN4O3.C21H17FN4O2S/c1-26-13-23-18(19(21(26)27)28-12-15-5-3-2-4-6-15)20-25-24-17(29-20)11-14-7-9-16(22)10-8-14;1-26-13-23-18(19(21(26)29)27-12-15-5-3-2-4-6-15)20-25-24-17(28-20)11-14-7-9-16(22)10-8-14/h2*2-10,13H,11-12H2,1H3. The fraction of sp³-hybridized carbons (Fsp3) is 0.143. The molecule has 58 heavy (non-hydrogen) atoms. The Bertz CT molecular complexity index is 2530. The average Bonchev–Trinajstić information content (AvgIpc) is 3.91. The molecule has 0 amide bonds. The maximum absolute atomic E-state index is 13.1. The van der Waals surface area contributed by atoms with Gasteiger partial charge in [0.2, 0.25) is 17.5 Å². The second kappa shape index (κ2) is 18.2. The SMILES string of the molecule is Cn1cnc(-c2nnc(Cc3ccc(F)cc3)o2)c(OCc2ccccc2)c1=O.Cn1cnc(-c2nnc(Cc3ccc(F)cc3)o2)c(OCc2ccccc2)c1=S. The Hall–Kier alpha value is -7.20. The van der Waals surface area contributed by atoms with E-state index in [2.05, 4.69) is 30.4 Å². The number of aryl methyl sites for hydroxylation is 2. The van der Waals surface area contributed by atoms with Crippen molar-refractivity contribution in [1.29, 1.82) is 0 Å². The van der Waals surface area contributed by atoms with Crippen molar-refractivity contribution in [2.45, 2.75) is 26.1 Å². The van der Waals surface area contributed by atoms with Crippen molar-refractivity contribution in [2.24, 2.45) is 14.1 Å². The Labute approximate surface area is 335 Å². The van der Waals surface area contributed by atoms with Gasteiger partial charge in [-0.2, -0.15) is 0 Å². The molecule has 0 radical (unpaired) electrons. The molecule has 0 aliphatic carbocycles. The van der Waals surface area contributed by atoms with Crippen molar-refractivity contribution >= 4 is 12.2 Å². The van der Waals surface area contributed by atoms with Crippen LogP contribution in [-0.4, -0.2) is 39.5 Å². The van der Waals surface area contributed by atoms with Crippen molar-refractivity contribution < 1.29 is 27.1 Å². The minimum atomic E-state index is -0.357.